The van der Waals surface area contributed by atoms with E-state index in [1.807, 2.05) is 0 Å². The first kappa shape index (κ1) is 11.6. The van der Waals surface area contributed by atoms with E-state index in [2.05, 4.69) is 0 Å². The minimum Gasteiger partial charge on any atom is -0.480 e. The number of carboxylic acid groups (broad SMARTS) is 1. The predicted octanol–water partition coefficient (Wildman–Crippen LogP) is -1.29. The zero-order chi connectivity index (χ0) is 12.7. The van der Waals surface area contributed by atoms with Crippen molar-refractivity contribution in [2.75, 3.05) is 0 Å². The van der Waals surface area contributed by atoms with E-state index in [0.29, 0.717) is 6.42 Å². The minimum absolute atomic E-state index is 0.123. The monoisotopic (exact) mass is 240 g/mol. The molecule has 0 aromatic carbocycles. The molecule has 7 heteroatoms. The van der Waals surface area contributed by atoms with Gasteiger partial charge in [-0.2, -0.15) is 0 Å². The first-order chi connectivity index (χ1) is 7.93. The molecule has 3 atom stereocenters. The van der Waals surface area contributed by atoms with Gasteiger partial charge in [-0.1, -0.05) is 0 Å². The summed E-state index contributed by atoms with van der Waals surface area (Å²) in [5.41, 5.74) is 4.92. The molecule has 2 fully saturated rings. The highest BCUT2D eigenvalue weighted by atomic mass is 16.4. The van der Waals surface area contributed by atoms with Crippen LogP contribution in [0.25, 0.3) is 0 Å². The minimum atomic E-state index is -1.28. The van der Waals surface area contributed by atoms with E-state index in [1.54, 1.807) is 0 Å². The van der Waals surface area contributed by atoms with Crippen molar-refractivity contribution in [3.8, 4) is 0 Å². The Morgan fingerprint density at radius 3 is 2.29 bits per heavy atom. The van der Waals surface area contributed by atoms with Gasteiger partial charge in [0.25, 0.3) is 0 Å². The maximum absolute atomic E-state index is 11.7. The molecule has 0 bridgehead atoms. The average Bonchev–Trinajstić information content (AvgIpc) is 2.96. The van der Waals surface area contributed by atoms with Crippen LogP contribution in [0, 0.1) is 11.8 Å². The van der Waals surface area contributed by atoms with E-state index in [4.69, 9.17) is 10.8 Å². The number of hydrogen-bond donors (Lipinski definition) is 2. The van der Waals surface area contributed by atoms with Gasteiger partial charge in [0, 0.05) is 6.42 Å². The molecule has 2 aliphatic rings. The molecule has 0 aromatic rings. The van der Waals surface area contributed by atoms with Crippen molar-refractivity contribution in [1.82, 2.24) is 4.90 Å². The van der Waals surface area contributed by atoms with Crippen molar-refractivity contribution < 1.29 is 24.3 Å². The molecule has 92 valence electrons. The summed E-state index contributed by atoms with van der Waals surface area (Å²) in [5.74, 6) is -3.47. The van der Waals surface area contributed by atoms with Crippen LogP contribution in [0.15, 0.2) is 0 Å². The van der Waals surface area contributed by atoms with Crippen LogP contribution in [-0.4, -0.2) is 39.7 Å². The standard InChI is InChI=1S/C10H12N2O5/c11-7(13)2-1-6(10(16)17)12-8(14)4-3-5(4)9(12)15/h4-6H,1-3H2,(H2,11,13)(H,16,17). The first-order valence-electron chi connectivity index (χ1n) is 5.31. The number of rotatable bonds is 5. The lowest BCUT2D eigenvalue weighted by molar-refractivity contribution is -0.156. The van der Waals surface area contributed by atoms with Gasteiger partial charge in [-0.3, -0.25) is 19.3 Å². The molecule has 3 N–H and O–H groups in total. The summed E-state index contributed by atoms with van der Waals surface area (Å²) in [4.78, 5) is 45.8. The molecular weight excluding hydrogens is 228 g/mol. The van der Waals surface area contributed by atoms with Gasteiger partial charge < -0.3 is 10.8 Å². The zero-order valence-electron chi connectivity index (χ0n) is 8.96. The fourth-order valence-corrected chi connectivity index (χ4v) is 2.16. The van der Waals surface area contributed by atoms with Crippen molar-refractivity contribution in [3.63, 3.8) is 0 Å². The molecule has 7 nitrogen and oxygen atoms in total. The fraction of sp³-hybridized carbons (Fsp3) is 0.600. The summed E-state index contributed by atoms with van der Waals surface area (Å²) >= 11 is 0. The Bertz CT molecular complexity index is 399. The smallest absolute Gasteiger partial charge is 0.326 e. The Hall–Kier alpha value is -1.92. The number of piperidine rings is 1. The molecule has 0 spiro atoms. The van der Waals surface area contributed by atoms with Gasteiger partial charge in [-0.25, -0.2) is 4.79 Å². The maximum atomic E-state index is 11.7. The van der Waals surface area contributed by atoms with Gasteiger partial charge in [0.2, 0.25) is 17.7 Å². The average molecular weight is 240 g/mol. The number of carboxylic acids is 1. The topological polar surface area (TPSA) is 118 Å². The third kappa shape index (κ3) is 1.88. The van der Waals surface area contributed by atoms with Crippen molar-refractivity contribution in [1.29, 1.82) is 0 Å². The van der Waals surface area contributed by atoms with Crippen LogP contribution in [0.1, 0.15) is 19.3 Å². The number of hydrogen-bond acceptors (Lipinski definition) is 4. The molecular formula is C10H12N2O5. The SMILES string of the molecule is NC(=O)CCC(C(=O)O)N1C(=O)C2CC2C1=O. The van der Waals surface area contributed by atoms with Gasteiger partial charge in [0.15, 0.2) is 0 Å². The lowest BCUT2D eigenvalue weighted by Gasteiger charge is -2.23. The molecule has 2 rings (SSSR count). The summed E-state index contributed by atoms with van der Waals surface area (Å²) in [7, 11) is 0. The van der Waals surface area contributed by atoms with Crippen molar-refractivity contribution in [3.05, 3.63) is 0 Å². The van der Waals surface area contributed by atoms with Crippen LogP contribution in [0.5, 0.6) is 0 Å². The fourth-order valence-electron chi connectivity index (χ4n) is 2.16. The van der Waals surface area contributed by atoms with E-state index in [0.717, 1.165) is 4.90 Å². The Kier molecular flexibility index (Phi) is 2.60. The predicted molar refractivity (Wildman–Crippen MR) is 53.3 cm³/mol. The second-order valence-corrected chi connectivity index (χ2v) is 4.35. The molecule has 1 aliphatic heterocycles. The molecule has 0 radical (unpaired) electrons. The third-order valence-electron chi connectivity index (χ3n) is 3.16. The summed E-state index contributed by atoms with van der Waals surface area (Å²) in [6, 6.07) is -1.27. The maximum Gasteiger partial charge on any atom is 0.326 e. The molecule has 1 aliphatic carbocycles. The van der Waals surface area contributed by atoms with Gasteiger partial charge in [0.1, 0.15) is 6.04 Å². The van der Waals surface area contributed by atoms with E-state index in [-0.39, 0.29) is 24.7 Å². The van der Waals surface area contributed by atoms with E-state index in [9.17, 15) is 19.2 Å². The molecule has 1 saturated carbocycles. The first-order valence-corrected chi connectivity index (χ1v) is 5.31. The molecule has 3 amide bonds. The number of primary amides is 1. The highest BCUT2D eigenvalue weighted by Crippen LogP contribution is 2.47. The number of amides is 3. The van der Waals surface area contributed by atoms with Crippen LogP contribution < -0.4 is 5.73 Å². The van der Waals surface area contributed by atoms with Crippen LogP contribution in [0.4, 0.5) is 0 Å². The molecule has 3 unspecified atom stereocenters. The van der Waals surface area contributed by atoms with Crippen molar-refractivity contribution in [2.45, 2.75) is 25.3 Å². The largest absolute Gasteiger partial charge is 0.480 e. The Morgan fingerprint density at radius 2 is 1.88 bits per heavy atom. The summed E-state index contributed by atoms with van der Waals surface area (Å²) in [6.45, 7) is 0. The van der Waals surface area contributed by atoms with Crippen molar-refractivity contribution in [2.24, 2.45) is 17.6 Å². The highest BCUT2D eigenvalue weighted by Gasteiger charge is 2.61. The molecule has 1 heterocycles. The number of aliphatic carboxylic acids is 1. The van der Waals surface area contributed by atoms with Crippen molar-refractivity contribution >= 4 is 23.7 Å². The number of nitrogens with zero attached hydrogens (tertiary/aromatic N) is 1. The Balaban J connectivity index is 2.11. The van der Waals surface area contributed by atoms with Gasteiger partial charge in [-0.15, -0.1) is 0 Å². The van der Waals surface area contributed by atoms with E-state index < -0.39 is 29.7 Å². The number of likely N-dealkylation sites (tertiary alicyclic amines) is 1. The molecule has 0 aromatic heterocycles. The van der Waals surface area contributed by atoms with E-state index in [1.165, 1.54) is 0 Å². The Labute approximate surface area is 96.6 Å². The zero-order valence-corrected chi connectivity index (χ0v) is 8.96. The lowest BCUT2D eigenvalue weighted by atomic mass is 10.1. The Morgan fingerprint density at radius 1 is 1.35 bits per heavy atom. The second kappa shape index (κ2) is 3.83. The van der Waals surface area contributed by atoms with Crippen LogP contribution in [0.2, 0.25) is 0 Å². The number of fused-ring (bicyclic) bond motifs is 1. The van der Waals surface area contributed by atoms with Gasteiger partial charge >= 0.3 is 5.97 Å². The number of carbonyl (C=O) groups excluding carboxylic acids is 3. The number of nitrogens with two attached hydrogens (primary N) is 1. The van der Waals surface area contributed by atoms with Crippen LogP contribution >= 0.6 is 0 Å². The molecule has 1 saturated heterocycles. The summed E-state index contributed by atoms with van der Waals surface area (Å²) in [6.07, 6.45) is 0.237. The molecule has 17 heavy (non-hydrogen) atoms. The van der Waals surface area contributed by atoms with E-state index >= 15 is 0 Å². The second-order valence-electron chi connectivity index (χ2n) is 4.35. The number of imide groups is 1. The van der Waals surface area contributed by atoms with Crippen LogP contribution in [-0.2, 0) is 19.2 Å². The van der Waals surface area contributed by atoms with Gasteiger partial charge in [-0.05, 0) is 12.8 Å². The number of carbonyl (C=O) groups is 4. The summed E-state index contributed by atoms with van der Waals surface area (Å²) < 4.78 is 0. The highest BCUT2D eigenvalue weighted by molar-refractivity contribution is 6.11. The summed E-state index contributed by atoms with van der Waals surface area (Å²) in [5, 5.41) is 8.98. The normalized spacial score (nSPS) is 27.9. The lowest BCUT2D eigenvalue weighted by Crippen LogP contribution is -2.46. The third-order valence-corrected chi connectivity index (χ3v) is 3.16. The van der Waals surface area contributed by atoms with Crippen LogP contribution in [0.3, 0.4) is 0 Å². The van der Waals surface area contributed by atoms with Gasteiger partial charge in [0.05, 0.1) is 11.8 Å². The quantitative estimate of drug-likeness (QED) is 0.580.